The summed E-state index contributed by atoms with van der Waals surface area (Å²) >= 11 is 0. The van der Waals surface area contributed by atoms with Crippen LogP contribution in [0.2, 0.25) is 0 Å². The molecule has 37 heavy (non-hydrogen) atoms. The summed E-state index contributed by atoms with van der Waals surface area (Å²) < 4.78 is 0. The summed E-state index contributed by atoms with van der Waals surface area (Å²) in [4.78, 5) is 35.0. The lowest BCUT2D eigenvalue weighted by Crippen LogP contribution is -2.13. The Balaban J connectivity index is 1.37. The number of nitrogens with zero attached hydrogens (tertiary/aromatic N) is 6. The molecule has 5 aromatic rings. The monoisotopic (exact) mass is 491 g/mol. The molecule has 10 nitrogen and oxygen atoms in total. The van der Waals surface area contributed by atoms with Gasteiger partial charge in [-0.2, -0.15) is 5.10 Å². The Morgan fingerprint density at radius 2 is 2.08 bits per heavy atom. The molecule has 0 saturated heterocycles. The molecule has 0 bridgehead atoms. The van der Waals surface area contributed by atoms with E-state index in [1.54, 1.807) is 18.6 Å². The Morgan fingerprint density at radius 3 is 2.89 bits per heavy atom. The zero-order chi connectivity index (χ0) is 25.5. The molecule has 1 amide bonds. The Labute approximate surface area is 212 Å². The van der Waals surface area contributed by atoms with Crippen molar-refractivity contribution in [1.29, 1.82) is 0 Å². The van der Waals surface area contributed by atoms with Gasteiger partial charge >= 0.3 is 0 Å². The number of rotatable bonds is 7. The van der Waals surface area contributed by atoms with Crippen LogP contribution in [0.5, 0.6) is 0 Å². The van der Waals surface area contributed by atoms with Crippen molar-refractivity contribution in [3.8, 4) is 22.6 Å². The number of pyridine rings is 2. The van der Waals surface area contributed by atoms with Crippen LogP contribution < -0.4 is 10.2 Å². The van der Waals surface area contributed by atoms with Crippen LogP contribution in [0.25, 0.3) is 44.7 Å². The van der Waals surface area contributed by atoms with Crippen molar-refractivity contribution in [2.45, 2.75) is 19.8 Å². The topological polar surface area (TPSA) is 128 Å². The van der Waals surface area contributed by atoms with Crippen molar-refractivity contribution in [2.24, 2.45) is 10.9 Å². The van der Waals surface area contributed by atoms with Crippen LogP contribution in [0.1, 0.15) is 19.8 Å². The highest BCUT2D eigenvalue weighted by atomic mass is 16.2. The van der Waals surface area contributed by atoms with Gasteiger partial charge in [-0.25, -0.2) is 9.97 Å². The minimum atomic E-state index is 0.0569. The van der Waals surface area contributed by atoms with E-state index in [-0.39, 0.29) is 11.8 Å². The number of benzene rings is 1. The van der Waals surface area contributed by atoms with E-state index in [2.05, 4.69) is 42.2 Å². The molecule has 0 atom stereocenters. The lowest BCUT2D eigenvalue weighted by atomic mass is 10.0. The molecule has 3 N–H and O–H groups in total. The average molecular weight is 492 g/mol. The van der Waals surface area contributed by atoms with Gasteiger partial charge in [0.15, 0.2) is 11.5 Å². The first-order valence-corrected chi connectivity index (χ1v) is 12.0. The van der Waals surface area contributed by atoms with Crippen LogP contribution in [-0.4, -0.2) is 49.8 Å². The number of allylic oxidation sites excluding steroid dienone is 1. The third-order valence-corrected chi connectivity index (χ3v) is 6.45. The number of anilines is 2. The van der Waals surface area contributed by atoms with Gasteiger partial charge in [0.05, 0.1) is 28.8 Å². The second-order valence-corrected chi connectivity index (χ2v) is 9.21. The molecule has 6 rings (SSSR count). The molecule has 184 valence electrons. The summed E-state index contributed by atoms with van der Waals surface area (Å²) in [6, 6.07) is 9.89. The second kappa shape index (κ2) is 8.98. The molecule has 1 aliphatic carbocycles. The van der Waals surface area contributed by atoms with E-state index < -0.39 is 0 Å². The summed E-state index contributed by atoms with van der Waals surface area (Å²) in [6.07, 6.45) is 8.99. The van der Waals surface area contributed by atoms with Crippen molar-refractivity contribution in [2.75, 3.05) is 17.3 Å². The van der Waals surface area contributed by atoms with E-state index in [0.717, 1.165) is 51.8 Å². The normalized spacial score (nSPS) is 13.7. The summed E-state index contributed by atoms with van der Waals surface area (Å²) in [5, 5.41) is 11.5. The zero-order valence-corrected chi connectivity index (χ0v) is 20.5. The summed E-state index contributed by atoms with van der Waals surface area (Å²) in [5.74, 6) is 0.796. The number of hydrogen-bond acceptors (Lipinski definition) is 7. The fourth-order valence-corrected chi connectivity index (χ4v) is 4.32. The Hall–Kier alpha value is -4.86. The van der Waals surface area contributed by atoms with Gasteiger partial charge in [0.25, 0.3) is 0 Å². The van der Waals surface area contributed by atoms with Crippen LogP contribution in [0.15, 0.2) is 65.8 Å². The Morgan fingerprint density at radius 1 is 1.22 bits per heavy atom. The molecule has 1 saturated carbocycles. The first-order chi connectivity index (χ1) is 18.0. The quantitative estimate of drug-likeness (QED) is 0.278. The van der Waals surface area contributed by atoms with Crippen LogP contribution >= 0.6 is 0 Å². The van der Waals surface area contributed by atoms with Crippen LogP contribution in [-0.2, 0) is 4.79 Å². The predicted molar refractivity (Wildman–Crippen MR) is 145 cm³/mol. The third-order valence-electron chi connectivity index (χ3n) is 6.45. The van der Waals surface area contributed by atoms with Gasteiger partial charge in [-0.15, -0.1) is 0 Å². The SMILES string of the molecule is C=N/C(C)=C\N(C)c1ccnc2nc(-c3n[nH]c4ccc(-c5cncc(NC(=O)C6CC6)c5)cc34)[nH]c12. The highest BCUT2D eigenvalue weighted by molar-refractivity contribution is 5.97. The first-order valence-electron chi connectivity index (χ1n) is 12.0. The number of carbonyl (C=O) groups is 1. The lowest BCUT2D eigenvalue weighted by molar-refractivity contribution is -0.117. The number of aliphatic imine (C=N–C) groups is 1. The van der Waals surface area contributed by atoms with E-state index >= 15 is 0 Å². The predicted octanol–water partition coefficient (Wildman–Crippen LogP) is 4.91. The van der Waals surface area contributed by atoms with Crippen molar-refractivity contribution < 1.29 is 4.79 Å². The highest BCUT2D eigenvalue weighted by Crippen LogP contribution is 2.33. The van der Waals surface area contributed by atoms with Crippen LogP contribution in [0, 0.1) is 5.92 Å². The highest BCUT2D eigenvalue weighted by Gasteiger charge is 2.29. The van der Waals surface area contributed by atoms with Crippen molar-refractivity contribution >= 4 is 46.1 Å². The molecule has 1 aliphatic rings. The van der Waals surface area contributed by atoms with Gasteiger partial charge in [-0.3, -0.25) is 19.9 Å². The Kier molecular flexibility index (Phi) is 5.48. The maximum absolute atomic E-state index is 12.2. The first kappa shape index (κ1) is 22.6. The number of carbonyl (C=O) groups excluding carboxylic acids is 1. The van der Waals surface area contributed by atoms with E-state index in [1.165, 1.54) is 0 Å². The minimum Gasteiger partial charge on any atom is -0.347 e. The third kappa shape index (κ3) is 4.33. The fraction of sp³-hybridized carbons (Fsp3) is 0.185. The largest absolute Gasteiger partial charge is 0.347 e. The molecule has 4 aromatic heterocycles. The molecular weight excluding hydrogens is 466 g/mol. The summed E-state index contributed by atoms with van der Waals surface area (Å²) in [7, 11) is 1.94. The Bertz CT molecular complexity index is 1690. The van der Waals surface area contributed by atoms with Gasteiger partial charge in [0.2, 0.25) is 5.91 Å². The van der Waals surface area contributed by atoms with Gasteiger partial charge < -0.3 is 15.2 Å². The fourth-order valence-electron chi connectivity index (χ4n) is 4.32. The molecule has 4 heterocycles. The maximum Gasteiger partial charge on any atom is 0.227 e. The summed E-state index contributed by atoms with van der Waals surface area (Å²) in [5.41, 5.74) is 7.20. The van der Waals surface area contributed by atoms with Gasteiger partial charge in [-0.05, 0) is 56.3 Å². The molecule has 0 spiro atoms. The number of imidazole rings is 1. The van der Waals surface area contributed by atoms with Crippen LogP contribution in [0.4, 0.5) is 11.4 Å². The van der Waals surface area contributed by atoms with Crippen molar-refractivity contribution in [1.82, 2.24) is 30.1 Å². The van der Waals surface area contributed by atoms with Crippen molar-refractivity contribution in [3.05, 3.63) is 60.8 Å². The zero-order valence-electron chi connectivity index (χ0n) is 20.5. The van der Waals surface area contributed by atoms with E-state index in [1.807, 2.05) is 55.4 Å². The molecule has 0 radical (unpaired) electrons. The van der Waals surface area contributed by atoms with Crippen molar-refractivity contribution in [3.63, 3.8) is 0 Å². The molecule has 1 fully saturated rings. The second-order valence-electron chi connectivity index (χ2n) is 9.21. The van der Waals surface area contributed by atoms with Gasteiger partial charge in [0.1, 0.15) is 11.2 Å². The standard InChI is InChI=1S/C27H25N9O/c1-15(28-2)14-36(3)22-8-9-30-25-24(22)32-26(33-25)23-20-11-17(6-7-21(20)34-35-23)18-10-19(13-29-12-18)31-27(37)16-4-5-16/h6-14,16H,2,4-5H2,1,3H3,(H,31,37)(H,34,35)(H,30,32,33)/b15-14-. The van der Waals surface area contributed by atoms with Gasteiger partial charge in [0, 0.05) is 42.5 Å². The van der Waals surface area contributed by atoms with Gasteiger partial charge in [-0.1, -0.05) is 6.07 Å². The number of amides is 1. The molecule has 0 aliphatic heterocycles. The molecule has 1 aromatic carbocycles. The molecular formula is C27H25N9O. The maximum atomic E-state index is 12.2. The average Bonchev–Trinajstić information content (AvgIpc) is 3.54. The number of aromatic nitrogens is 6. The number of aromatic amines is 2. The number of nitrogens with one attached hydrogen (secondary N) is 3. The van der Waals surface area contributed by atoms with E-state index in [9.17, 15) is 4.79 Å². The number of fused-ring (bicyclic) bond motifs is 2. The summed E-state index contributed by atoms with van der Waals surface area (Å²) in [6.45, 7) is 5.47. The molecule has 10 heteroatoms. The van der Waals surface area contributed by atoms with Crippen LogP contribution in [0.3, 0.4) is 0 Å². The number of H-pyrrole nitrogens is 2. The molecule has 0 unspecified atom stereocenters. The smallest absolute Gasteiger partial charge is 0.227 e. The van der Waals surface area contributed by atoms with E-state index in [4.69, 9.17) is 4.98 Å². The minimum absolute atomic E-state index is 0.0569. The number of hydrogen-bond donors (Lipinski definition) is 3. The van der Waals surface area contributed by atoms with E-state index in [0.29, 0.717) is 22.9 Å². The lowest BCUT2D eigenvalue weighted by Gasteiger charge is -2.15.